The third kappa shape index (κ3) is 4.97. The molecule has 0 saturated carbocycles. The molecule has 4 aromatic carbocycles. The van der Waals surface area contributed by atoms with Gasteiger partial charge in [0.1, 0.15) is 11.6 Å². The van der Waals surface area contributed by atoms with Crippen molar-refractivity contribution >= 4 is 34.2 Å². The predicted octanol–water partition coefficient (Wildman–Crippen LogP) is 4.72. The molecule has 0 atom stereocenters. The molecule has 0 aromatic heterocycles. The van der Waals surface area contributed by atoms with Crippen LogP contribution in [0.1, 0.15) is 26.3 Å². The Morgan fingerprint density at radius 2 is 1.69 bits per heavy atom. The number of amidine groups is 1. The van der Waals surface area contributed by atoms with Crippen molar-refractivity contribution in [3.05, 3.63) is 95.6 Å². The van der Waals surface area contributed by atoms with Crippen LogP contribution in [0.2, 0.25) is 0 Å². The molecule has 1 amide bonds. The predicted molar refractivity (Wildman–Crippen MR) is 134 cm³/mol. The molecule has 0 bridgehead atoms. The zero-order chi connectivity index (χ0) is 24.9. The van der Waals surface area contributed by atoms with Gasteiger partial charge < -0.3 is 25.6 Å². The number of anilines is 1. The highest BCUT2D eigenvalue weighted by Crippen LogP contribution is 2.35. The van der Waals surface area contributed by atoms with Crippen molar-refractivity contribution in [1.82, 2.24) is 0 Å². The van der Waals surface area contributed by atoms with E-state index in [-0.39, 0.29) is 18.2 Å². The molecule has 0 unspecified atom stereocenters. The molecule has 0 fully saturated rings. The molecule has 176 valence electrons. The van der Waals surface area contributed by atoms with Gasteiger partial charge in [-0.1, -0.05) is 30.3 Å². The van der Waals surface area contributed by atoms with Crippen molar-refractivity contribution in [3.63, 3.8) is 0 Å². The van der Waals surface area contributed by atoms with Crippen molar-refractivity contribution in [3.8, 4) is 16.9 Å². The van der Waals surface area contributed by atoms with Gasteiger partial charge in [0.05, 0.1) is 5.56 Å². The van der Waals surface area contributed by atoms with Crippen LogP contribution < -0.4 is 15.8 Å². The van der Waals surface area contributed by atoms with E-state index >= 15 is 0 Å². The second-order valence-corrected chi connectivity index (χ2v) is 7.72. The number of benzene rings is 4. The Morgan fingerprint density at radius 1 is 0.943 bits per heavy atom. The third-order valence-corrected chi connectivity index (χ3v) is 5.46. The largest absolute Gasteiger partial charge is 0.478 e. The van der Waals surface area contributed by atoms with Gasteiger partial charge in [-0.2, -0.15) is 0 Å². The fraction of sp³-hybridized carbons (Fsp3) is 0.0741. The first-order valence-corrected chi connectivity index (χ1v) is 10.7. The van der Waals surface area contributed by atoms with Crippen molar-refractivity contribution in [1.29, 1.82) is 5.41 Å². The normalized spacial score (nSPS) is 10.7. The van der Waals surface area contributed by atoms with Crippen molar-refractivity contribution < 1.29 is 24.2 Å². The van der Waals surface area contributed by atoms with Gasteiger partial charge in [-0.15, -0.1) is 0 Å². The van der Waals surface area contributed by atoms with Gasteiger partial charge in [-0.25, -0.2) is 4.79 Å². The molecule has 4 aromatic rings. The highest BCUT2D eigenvalue weighted by atomic mass is 16.7. The summed E-state index contributed by atoms with van der Waals surface area (Å²) in [5.41, 5.74) is 7.79. The number of aromatic carboxylic acids is 1. The summed E-state index contributed by atoms with van der Waals surface area (Å²) in [6.45, 7) is 0.0275. The molecule has 8 nitrogen and oxygen atoms in total. The Bertz CT molecular complexity index is 1430. The number of nitrogen functional groups attached to an aromatic ring is 1. The number of methoxy groups -OCH3 is 1. The Morgan fingerprint density at radius 3 is 2.37 bits per heavy atom. The van der Waals surface area contributed by atoms with Gasteiger partial charge >= 0.3 is 5.97 Å². The van der Waals surface area contributed by atoms with E-state index in [4.69, 9.17) is 20.6 Å². The van der Waals surface area contributed by atoms with Crippen LogP contribution >= 0.6 is 0 Å². The maximum Gasteiger partial charge on any atom is 0.336 e. The third-order valence-electron chi connectivity index (χ3n) is 5.46. The van der Waals surface area contributed by atoms with Crippen molar-refractivity contribution in [2.45, 2.75) is 0 Å². The van der Waals surface area contributed by atoms with E-state index in [2.05, 4.69) is 5.32 Å². The first-order chi connectivity index (χ1) is 16.9. The molecular formula is C27H23N3O5. The van der Waals surface area contributed by atoms with Crippen molar-refractivity contribution in [2.24, 2.45) is 5.73 Å². The van der Waals surface area contributed by atoms with Gasteiger partial charge in [-0.05, 0) is 65.0 Å². The number of amides is 1. The Labute approximate surface area is 201 Å². The zero-order valence-corrected chi connectivity index (χ0v) is 18.9. The lowest BCUT2D eigenvalue weighted by atomic mass is 9.92. The molecule has 4 rings (SSSR count). The standard InChI is InChI=1S/C27H23N3O5/c1-34-15-35-24-8-4-5-17-13-22(23(27(32)33)14-21(17)24)19-6-2-3-7-20(19)26(31)30-18-11-9-16(10-12-18)25(28)29/h2-14H,15H2,1H3,(H3,28,29)(H,30,31)(H,32,33). The number of rotatable bonds is 8. The molecule has 0 spiro atoms. The van der Waals surface area contributed by atoms with Gasteiger partial charge in [0.25, 0.3) is 5.91 Å². The van der Waals surface area contributed by atoms with Crippen LogP contribution in [0.3, 0.4) is 0 Å². The van der Waals surface area contributed by atoms with Crippen LogP contribution in [0.5, 0.6) is 5.75 Å². The number of hydrogen-bond donors (Lipinski definition) is 4. The van der Waals surface area contributed by atoms with E-state index in [0.29, 0.717) is 39.1 Å². The summed E-state index contributed by atoms with van der Waals surface area (Å²) in [6, 6.07) is 22.1. The van der Waals surface area contributed by atoms with E-state index in [9.17, 15) is 14.7 Å². The quantitative estimate of drug-likeness (QED) is 0.167. The van der Waals surface area contributed by atoms with E-state index in [1.807, 2.05) is 6.07 Å². The Hall–Kier alpha value is -4.69. The molecule has 0 heterocycles. The number of carboxylic acids is 1. The minimum absolute atomic E-state index is 0.0275. The first kappa shape index (κ1) is 23.5. The second kappa shape index (κ2) is 10.1. The molecule has 0 aliphatic heterocycles. The van der Waals surface area contributed by atoms with E-state index in [0.717, 1.165) is 5.39 Å². The van der Waals surface area contributed by atoms with Crippen LogP contribution in [-0.2, 0) is 4.74 Å². The molecule has 8 heteroatoms. The van der Waals surface area contributed by atoms with Crippen LogP contribution in [0.25, 0.3) is 21.9 Å². The molecule has 0 aliphatic rings. The van der Waals surface area contributed by atoms with E-state index in [1.165, 1.54) is 7.11 Å². The minimum Gasteiger partial charge on any atom is -0.478 e. The Balaban J connectivity index is 1.77. The summed E-state index contributed by atoms with van der Waals surface area (Å²) in [5, 5.41) is 21.7. The van der Waals surface area contributed by atoms with Gasteiger partial charge in [0, 0.05) is 29.3 Å². The molecule has 5 N–H and O–H groups in total. The lowest BCUT2D eigenvalue weighted by Gasteiger charge is -2.15. The smallest absolute Gasteiger partial charge is 0.336 e. The van der Waals surface area contributed by atoms with Crippen LogP contribution in [0, 0.1) is 5.41 Å². The summed E-state index contributed by atoms with van der Waals surface area (Å²) in [7, 11) is 1.51. The summed E-state index contributed by atoms with van der Waals surface area (Å²) in [5.74, 6) is -1.09. The van der Waals surface area contributed by atoms with Crippen molar-refractivity contribution in [2.75, 3.05) is 19.2 Å². The minimum atomic E-state index is -1.13. The highest BCUT2D eigenvalue weighted by Gasteiger charge is 2.20. The summed E-state index contributed by atoms with van der Waals surface area (Å²) < 4.78 is 10.6. The van der Waals surface area contributed by atoms with Gasteiger partial charge in [0.15, 0.2) is 6.79 Å². The number of carbonyl (C=O) groups is 2. The van der Waals surface area contributed by atoms with Gasteiger partial charge in [-0.3, -0.25) is 10.2 Å². The second-order valence-electron chi connectivity index (χ2n) is 7.72. The monoisotopic (exact) mass is 469 g/mol. The van der Waals surface area contributed by atoms with Gasteiger partial charge in [0.2, 0.25) is 0 Å². The number of carbonyl (C=O) groups excluding carboxylic acids is 1. The maximum absolute atomic E-state index is 13.2. The van der Waals surface area contributed by atoms with E-state index < -0.39 is 11.9 Å². The molecule has 0 radical (unpaired) electrons. The first-order valence-electron chi connectivity index (χ1n) is 10.7. The topological polar surface area (TPSA) is 135 Å². The SMILES string of the molecule is COCOc1cccc2cc(-c3ccccc3C(=O)Nc3ccc(C(=N)N)cc3)c(C(=O)O)cc12. The fourth-order valence-corrected chi connectivity index (χ4v) is 3.79. The summed E-state index contributed by atoms with van der Waals surface area (Å²) >= 11 is 0. The number of nitrogens with one attached hydrogen (secondary N) is 2. The van der Waals surface area contributed by atoms with Crippen LogP contribution in [0.15, 0.2) is 78.9 Å². The average Bonchev–Trinajstić information content (AvgIpc) is 2.86. The molecular weight excluding hydrogens is 446 g/mol. The Kier molecular flexibility index (Phi) is 6.75. The maximum atomic E-state index is 13.2. The number of hydrogen-bond acceptors (Lipinski definition) is 5. The lowest BCUT2D eigenvalue weighted by molar-refractivity contribution is 0.0522. The number of ether oxygens (including phenoxy) is 2. The summed E-state index contributed by atoms with van der Waals surface area (Å²) in [6.07, 6.45) is 0. The van der Waals surface area contributed by atoms with Crippen LogP contribution in [-0.4, -0.2) is 36.7 Å². The average molecular weight is 469 g/mol. The van der Waals surface area contributed by atoms with Crippen LogP contribution in [0.4, 0.5) is 5.69 Å². The number of carboxylic acid groups (broad SMARTS) is 1. The summed E-state index contributed by atoms with van der Waals surface area (Å²) in [4.78, 5) is 25.4. The number of nitrogens with two attached hydrogens (primary N) is 1. The highest BCUT2D eigenvalue weighted by molar-refractivity contribution is 6.12. The lowest BCUT2D eigenvalue weighted by Crippen LogP contribution is -2.14. The fourth-order valence-electron chi connectivity index (χ4n) is 3.79. The molecule has 35 heavy (non-hydrogen) atoms. The number of fused-ring (bicyclic) bond motifs is 1. The molecule has 0 saturated heterocycles. The molecule has 0 aliphatic carbocycles. The zero-order valence-electron chi connectivity index (χ0n) is 18.9. The van der Waals surface area contributed by atoms with E-state index in [1.54, 1.807) is 72.8 Å².